The van der Waals surface area contributed by atoms with Gasteiger partial charge in [0.1, 0.15) is 5.69 Å². The van der Waals surface area contributed by atoms with Crippen LogP contribution in [-0.2, 0) is 6.42 Å². The Bertz CT molecular complexity index is 499. The number of aryl methyl sites for hydroxylation is 2. The van der Waals surface area contributed by atoms with Crippen molar-refractivity contribution in [2.24, 2.45) is 0 Å². The van der Waals surface area contributed by atoms with Crippen molar-refractivity contribution >= 4 is 5.78 Å². The number of rotatable bonds is 2. The number of hydrogen-bond acceptors (Lipinski definition) is 5. The standard InChI is InChI=1S/C7H10N2.C6H6N2O/c1-3-7-6(2)8-4-5-9-7;1-5(9)6-4-7-2-3-8-6/h4-5H,3H2,1-2H3;2-4H,1H3. The summed E-state index contributed by atoms with van der Waals surface area (Å²) < 4.78 is 0. The smallest absolute Gasteiger partial charge is 0.179 e. The third-order valence-electron chi connectivity index (χ3n) is 2.24. The summed E-state index contributed by atoms with van der Waals surface area (Å²) >= 11 is 0. The van der Waals surface area contributed by atoms with Crippen molar-refractivity contribution in [3.63, 3.8) is 0 Å². The van der Waals surface area contributed by atoms with Gasteiger partial charge in [-0.3, -0.25) is 19.7 Å². The molecular weight excluding hydrogens is 228 g/mol. The van der Waals surface area contributed by atoms with Crippen LogP contribution in [0.25, 0.3) is 0 Å². The first-order chi connectivity index (χ1) is 8.65. The molecule has 0 unspecified atom stereocenters. The number of carbonyl (C=O) groups is 1. The van der Waals surface area contributed by atoms with Crippen molar-refractivity contribution in [3.8, 4) is 0 Å². The molecule has 18 heavy (non-hydrogen) atoms. The van der Waals surface area contributed by atoms with Crippen molar-refractivity contribution in [2.45, 2.75) is 27.2 Å². The van der Waals surface area contributed by atoms with Gasteiger partial charge in [0.25, 0.3) is 0 Å². The summed E-state index contributed by atoms with van der Waals surface area (Å²) in [5, 5.41) is 0. The van der Waals surface area contributed by atoms with Crippen molar-refractivity contribution < 1.29 is 4.79 Å². The van der Waals surface area contributed by atoms with E-state index >= 15 is 0 Å². The predicted octanol–water partition coefficient (Wildman–Crippen LogP) is 2.03. The first-order valence-corrected chi connectivity index (χ1v) is 5.68. The average Bonchev–Trinajstić information content (AvgIpc) is 2.41. The van der Waals surface area contributed by atoms with E-state index in [1.165, 1.54) is 25.5 Å². The molecule has 2 rings (SSSR count). The number of hydrogen-bond donors (Lipinski definition) is 0. The molecule has 0 aliphatic rings. The largest absolute Gasteiger partial charge is 0.293 e. The second-order valence-electron chi connectivity index (χ2n) is 3.59. The van der Waals surface area contributed by atoms with Crippen LogP contribution in [0.2, 0.25) is 0 Å². The van der Waals surface area contributed by atoms with Gasteiger partial charge in [-0.15, -0.1) is 0 Å². The van der Waals surface area contributed by atoms with Gasteiger partial charge in [0.05, 0.1) is 17.6 Å². The fraction of sp³-hybridized carbons (Fsp3) is 0.308. The van der Waals surface area contributed by atoms with Crippen LogP contribution >= 0.6 is 0 Å². The fourth-order valence-electron chi connectivity index (χ4n) is 1.26. The van der Waals surface area contributed by atoms with Crippen molar-refractivity contribution in [2.75, 3.05) is 0 Å². The molecule has 0 saturated carbocycles. The minimum atomic E-state index is -0.0527. The zero-order chi connectivity index (χ0) is 13.4. The van der Waals surface area contributed by atoms with Crippen LogP contribution in [0.4, 0.5) is 0 Å². The number of nitrogens with zero attached hydrogens (tertiary/aromatic N) is 4. The van der Waals surface area contributed by atoms with Crippen molar-refractivity contribution in [1.82, 2.24) is 19.9 Å². The van der Waals surface area contributed by atoms with Crippen LogP contribution in [0.3, 0.4) is 0 Å². The molecule has 0 amide bonds. The Balaban J connectivity index is 0.000000180. The van der Waals surface area contributed by atoms with Gasteiger partial charge >= 0.3 is 0 Å². The van der Waals surface area contributed by atoms with Gasteiger partial charge in [0.2, 0.25) is 0 Å². The molecule has 0 spiro atoms. The second kappa shape index (κ2) is 7.21. The zero-order valence-electron chi connectivity index (χ0n) is 10.8. The third-order valence-corrected chi connectivity index (χ3v) is 2.24. The molecule has 0 aromatic carbocycles. The van der Waals surface area contributed by atoms with Gasteiger partial charge in [-0.25, -0.2) is 4.98 Å². The molecule has 5 nitrogen and oxygen atoms in total. The Morgan fingerprint density at radius 1 is 1.11 bits per heavy atom. The van der Waals surface area contributed by atoms with Crippen LogP contribution in [0.15, 0.2) is 31.0 Å². The molecule has 0 saturated heterocycles. The Kier molecular flexibility index (Phi) is 5.57. The number of carbonyl (C=O) groups excluding carboxylic acids is 1. The molecule has 0 bridgehead atoms. The number of ketones is 1. The van der Waals surface area contributed by atoms with Crippen LogP contribution < -0.4 is 0 Å². The second-order valence-corrected chi connectivity index (χ2v) is 3.59. The lowest BCUT2D eigenvalue weighted by Gasteiger charge is -1.96. The van der Waals surface area contributed by atoms with Gasteiger partial charge in [-0.2, -0.15) is 0 Å². The summed E-state index contributed by atoms with van der Waals surface area (Å²) in [7, 11) is 0. The van der Waals surface area contributed by atoms with E-state index in [-0.39, 0.29) is 5.78 Å². The minimum Gasteiger partial charge on any atom is -0.293 e. The van der Waals surface area contributed by atoms with Gasteiger partial charge in [0, 0.05) is 31.7 Å². The third kappa shape index (κ3) is 4.37. The molecule has 94 valence electrons. The molecule has 0 N–H and O–H groups in total. The molecule has 0 radical (unpaired) electrons. The van der Waals surface area contributed by atoms with Crippen LogP contribution in [0.1, 0.15) is 35.7 Å². The highest BCUT2D eigenvalue weighted by Gasteiger charge is 1.96. The van der Waals surface area contributed by atoms with E-state index in [0.29, 0.717) is 5.69 Å². The molecule has 0 aliphatic carbocycles. The molecule has 0 fully saturated rings. The summed E-state index contributed by atoms with van der Waals surface area (Å²) in [4.78, 5) is 26.3. The Hall–Kier alpha value is -2.17. The maximum absolute atomic E-state index is 10.5. The number of Topliss-reactive ketones (excluding diaryl/α,β-unsaturated/α-hetero) is 1. The average molecular weight is 244 g/mol. The molecule has 2 aromatic heterocycles. The molecule has 0 aliphatic heterocycles. The summed E-state index contributed by atoms with van der Waals surface area (Å²) in [6, 6.07) is 0. The van der Waals surface area contributed by atoms with E-state index in [2.05, 4.69) is 26.9 Å². The highest BCUT2D eigenvalue weighted by atomic mass is 16.1. The normalized spacial score (nSPS) is 9.28. The first kappa shape index (κ1) is 13.9. The lowest BCUT2D eigenvalue weighted by Crippen LogP contribution is -1.95. The first-order valence-electron chi connectivity index (χ1n) is 5.68. The molecule has 5 heteroatoms. The van der Waals surface area contributed by atoms with Crippen molar-refractivity contribution in [3.05, 3.63) is 48.1 Å². The van der Waals surface area contributed by atoms with E-state index < -0.39 is 0 Å². The van der Waals surface area contributed by atoms with Gasteiger partial charge in [0.15, 0.2) is 5.78 Å². The maximum atomic E-state index is 10.5. The predicted molar refractivity (Wildman–Crippen MR) is 68.2 cm³/mol. The Morgan fingerprint density at radius 2 is 1.78 bits per heavy atom. The highest BCUT2D eigenvalue weighted by molar-refractivity contribution is 5.91. The summed E-state index contributed by atoms with van der Waals surface area (Å²) in [6.07, 6.45) is 8.89. The number of aromatic nitrogens is 4. The zero-order valence-corrected chi connectivity index (χ0v) is 10.8. The van der Waals surface area contributed by atoms with Gasteiger partial charge < -0.3 is 0 Å². The van der Waals surface area contributed by atoms with Gasteiger partial charge in [-0.1, -0.05) is 6.92 Å². The molecule has 0 atom stereocenters. The van der Waals surface area contributed by atoms with E-state index in [4.69, 9.17) is 0 Å². The maximum Gasteiger partial charge on any atom is 0.179 e. The SMILES string of the molecule is CC(=O)c1cnccn1.CCc1nccnc1C. The molecule has 2 aromatic rings. The quantitative estimate of drug-likeness (QED) is 0.756. The Labute approximate surface area is 106 Å². The molecule has 2 heterocycles. The summed E-state index contributed by atoms with van der Waals surface area (Å²) in [6.45, 7) is 5.52. The Morgan fingerprint density at radius 3 is 2.17 bits per heavy atom. The minimum absolute atomic E-state index is 0.0527. The fourth-order valence-corrected chi connectivity index (χ4v) is 1.26. The van der Waals surface area contributed by atoms with Crippen LogP contribution in [-0.4, -0.2) is 25.7 Å². The summed E-state index contributed by atoms with van der Waals surface area (Å²) in [5.74, 6) is -0.0527. The van der Waals surface area contributed by atoms with Crippen molar-refractivity contribution in [1.29, 1.82) is 0 Å². The summed E-state index contributed by atoms with van der Waals surface area (Å²) in [5.41, 5.74) is 2.55. The van der Waals surface area contributed by atoms with Crippen LogP contribution in [0, 0.1) is 6.92 Å². The topological polar surface area (TPSA) is 68.6 Å². The lowest BCUT2D eigenvalue weighted by molar-refractivity contribution is 0.101. The monoisotopic (exact) mass is 244 g/mol. The lowest BCUT2D eigenvalue weighted by atomic mass is 10.3. The molecular formula is C13H16N4O. The van der Waals surface area contributed by atoms with Gasteiger partial charge in [-0.05, 0) is 13.3 Å². The van der Waals surface area contributed by atoms with E-state index in [9.17, 15) is 4.79 Å². The highest BCUT2D eigenvalue weighted by Crippen LogP contribution is 1.98. The van der Waals surface area contributed by atoms with Crippen LogP contribution in [0.5, 0.6) is 0 Å². The van der Waals surface area contributed by atoms with E-state index in [0.717, 1.165) is 17.8 Å². The van der Waals surface area contributed by atoms with E-state index in [1.54, 1.807) is 12.4 Å². The van der Waals surface area contributed by atoms with E-state index in [1.807, 2.05) is 6.92 Å².